The van der Waals surface area contributed by atoms with Gasteiger partial charge in [0, 0.05) is 24.5 Å². The zero-order valence-electron chi connectivity index (χ0n) is 9.21. The van der Waals surface area contributed by atoms with Gasteiger partial charge in [0.1, 0.15) is 5.82 Å². The van der Waals surface area contributed by atoms with Crippen molar-refractivity contribution in [2.24, 2.45) is 12.8 Å². The standard InChI is InChI=1S/C11H12ClN3.2ClH/c1-15-7-6-14-11(15)10(13)8-2-4-9(12)5-3-8;;/h2-7,10H,13H2,1H3;2*1H. The van der Waals surface area contributed by atoms with Crippen molar-refractivity contribution in [1.29, 1.82) is 0 Å². The van der Waals surface area contributed by atoms with Gasteiger partial charge in [-0.1, -0.05) is 23.7 Å². The number of halogens is 3. The van der Waals surface area contributed by atoms with E-state index in [1.54, 1.807) is 6.20 Å². The molecule has 0 aliphatic carbocycles. The highest BCUT2D eigenvalue weighted by atomic mass is 35.5. The van der Waals surface area contributed by atoms with Crippen molar-refractivity contribution < 1.29 is 0 Å². The molecule has 2 rings (SSSR count). The summed E-state index contributed by atoms with van der Waals surface area (Å²) < 4.78 is 1.92. The van der Waals surface area contributed by atoms with E-state index in [0.717, 1.165) is 11.4 Å². The molecule has 1 aromatic heterocycles. The maximum atomic E-state index is 6.09. The molecule has 0 saturated heterocycles. The van der Waals surface area contributed by atoms with Crippen LogP contribution in [0.5, 0.6) is 0 Å². The number of nitrogens with two attached hydrogens (primary N) is 1. The predicted octanol–water partition coefficient (Wildman–Crippen LogP) is 2.97. The van der Waals surface area contributed by atoms with Crippen LogP contribution < -0.4 is 5.73 Å². The molecule has 1 aromatic carbocycles. The van der Waals surface area contributed by atoms with Gasteiger partial charge in [0.25, 0.3) is 0 Å². The molecule has 0 saturated carbocycles. The fraction of sp³-hybridized carbons (Fsp3) is 0.182. The lowest BCUT2D eigenvalue weighted by atomic mass is 10.1. The van der Waals surface area contributed by atoms with Crippen LogP contribution in [0.1, 0.15) is 17.4 Å². The molecule has 0 bridgehead atoms. The van der Waals surface area contributed by atoms with Crippen LogP contribution in [0.3, 0.4) is 0 Å². The lowest BCUT2D eigenvalue weighted by molar-refractivity contribution is 0.717. The summed E-state index contributed by atoms with van der Waals surface area (Å²) in [5, 5.41) is 0.714. The summed E-state index contributed by atoms with van der Waals surface area (Å²) in [5.41, 5.74) is 7.09. The van der Waals surface area contributed by atoms with Crippen molar-refractivity contribution in [3.8, 4) is 0 Å². The Hall–Kier alpha value is -0.740. The van der Waals surface area contributed by atoms with Crippen LogP contribution in [0, 0.1) is 0 Å². The number of aryl methyl sites for hydroxylation is 1. The molecule has 1 heterocycles. The number of rotatable bonds is 2. The summed E-state index contributed by atoms with van der Waals surface area (Å²) in [5.74, 6) is 0.845. The number of benzene rings is 1. The highest BCUT2D eigenvalue weighted by Crippen LogP contribution is 2.19. The van der Waals surface area contributed by atoms with Gasteiger partial charge in [-0.2, -0.15) is 0 Å². The fourth-order valence-corrected chi connectivity index (χ4v) is 1.62. The first-order valence-electron chi connectivity index (χ1n) is 4.67. The number of hydrogen-bond donors (Lipinski definition) is 1. The number of imidazole rings is 1. The number of nitrogens with zero attached hydrogens (tertiary/aromatic N) is 2. The Morgan fingerprint density at radius 2 is 1.82 bits per heavy atom. The van der Waals surface area contributed by atoms with E-state index >= 15 is 0 Å². The number of hydrogen-bond acceptors (Lipinski definition) is 2. The summed E-state index contributed by atoms with van der Waals surface area (Å²) in [4.78, 5) is 4.22. The Labute approximate surface area is 118 Å². The second kappa shape index (κ2) is 6.87. The summed E-state index contributed by atoms with van der Waals surface area (Å²) in [7, 11) is 1.93. The smallest absolute Gasteiger partial charge is 0.129 e. The van der Waals surface area contributed by atoms with E-state index in [4.69, 9.17) is 17.3 Å². The maximum absolute atomic E-state index is 6.09. The van der Waals surface area contributed by atoms with Crippen molar-refractivity contribution in [3.63, 3.8) is 0 Å². The molecule has 0 aliphatic heterocycles. The van der Waals surface area contributed by atoms with Gasteiger partial charge in [0.2, 0.25) is 0 Å². The molecule has 0 fully saturated rings. The highest BCUT2D eigenvalue weighted by molar-refractivity contribution is 6.30. The van der Waals surface area contributed by atoms with Crippen LogP contribution in [0.15, 0.2) is 36.7 Å². The molecule has 6 heteroatoms. The third kappa shape index (κ3) is 3.61. The average Bonchev–Trinajstić information content (AvgIpc) is 2.65. The molecular weight excluding hydrogens is 281 g/mol. The molecule has 0 radical (unpaired) electrons. The van der Waals surface area contributed by atoms with Gasteiger partial charge in [-0.15, -0.1) is 24.8 Å². The summed E-state index contributed by atoms with van der Waals surface area (Å²) in [6.07, 6.45) is 3.62. The molecule has 0 aliphatic rings. The van der Waals surface area contributed by atoms with Crippen molar-refractivity contribution in [3.05, 3.63) is 53.1 Å². The Bertz CT molecular complexity index is 453. The quantitative estimate of drug-likeness (QED) is 0.925. The van der Waals surface area contributed by atoms with Crippen LogP contribution in [-0.4, -0.2) is 9.55 Å². The van der Waals surface area contributed by atoms with Crippen molar-refractivity contribution in [1.82, 2.24) is 9.55 Å². The monoisotopic (exact) mass is 293 g/mol. The second-order valence-electron chi connectivity index (χ2n) is 3.43. The van der Waals surface area contributed by atoms with E-state index in [-0.39, 0.29) is 30.9 Å². The lowest BCUT2D eigenvalue weighted by Crippen LogP contribution is -2.16. The van der Waals surface area contributed by atoms with Gasteiger partial charge in [0.15, 0.2) is 0 Å². The zero-order chi connectivity index (χ0) is 10.8. The molecule has 0 amide bonds. The van der Waals surface area contributed by atoms with Gasteiger partial charge in [0.05, 0.1) is 6.04 Å². The van der Waals surface area contributed by atoms with E-state index in [9.17, 15) is 0 Å². The first kappa shape index (κ1) is 16.3. The zero-order valence-corrected chi connectivity index (χ0v) is 11.6. The summed E-state index contributed by atoms with van der Waals surface area (Å²) in [6, 6.07) is 7.30. The Kier molecular flexibility index (Phi) is 6.57. The molecule has 1 unspecified atom stereocenters. The highest BCUT2D eigenvalue weighted by Gasteiger charge is 2.12. The molecule has 0 spiro atoms. The molecule has 3 nitrogen and oxygen atoms in total. The Balaban J connectivity index is 0.00000128. The number of aromatic nitrogens is 2. The van der Waals surface area contributed by atoms with Crippen LogP contribution in [0.25, 0.3) is 0 Å². The van der Waals surface area contributed by atoms with E-state index < -0.39 is 0 Å². The average molecular weight is 295 g/mol. The normalized spacial score (nSPS) is 11.2. The maximum Gasteiger partial charge on any atom is 0.129 e. The second-order valence-corrected chi connectivity index (χ2v) is 3.86. The summed E-state index contributed by atoms with van der Waals surface area (Å²) >= 11 is 5.81. The molecular formula is C11H14Cl3N3. The minimum absolute atomic E-state index is 0. The molecule has 1 atom stereocenters. The van der Waals surface area contributed by atoms with Crippen molar-refractivity contribution in [2.75, 3.05) is 0 Å². The minimum atomic E-state index is -0.206. The van der Waals surface area contributed by atoms with Crippen molar-refractivity contribution in [2.45, 2.75) is 6.04 Å². The van der Waals surface area contributed by atoms with Crippen LogP contribution in [0.4, 0.5) is 0 Å². The predicted molar refractivity (Wildman–Crippen MR) is 75.2 cm³/mol. The molecule has 2 N–H and O–H groups in total. The third-order valence-corrected chi connectivity index (χ3v) is 2.62. The van der Waals surface area contributed by atoms with Gasteiger partial charge in [-0.05, 0) is 17.7 Å². The Morgan fingerprint density at radius 3 is 2.29 bits per heavy atom. The van der Waals surface area contributed by atoms with E-state index in [1.165, 1.54) is 0 Å². The van der Waals surface area contributed by atoms with Gasteiger partial charge in [-0.3, -0.25) is 0 Å². The van der Waals surface area contributed by atoms with Crippen LogP contribution in [-0.2, 0) is 7.05 Å². The largest absolute Gasteiger partial charge is 0.336 e. The van der Waals surface area contributed by atoms with E-state index in [0.29, 0.717) is 5.02 Å². The van der Waals surface area contributed by atoms with Gasteiger partial charge in [-0.25, -0.2) is 4.98 Å². The summed E-state index contributed by atoms with van der Waals surface area (Å²) in [6.45, 7) is 0. The lowest BCUT2D eigenvalue weighted by Gasteiger charge is -2.11. The van der Waals surface area contributed by atoms with Crippen LogP contribution in [0.2, 0.25) is 5.02 Å². The Morgan fingerprint density at radius 1 is 1.24 bits per heavy atom. The first-order valence-corrected chi connectivity index (χ1v) is 5.04. The van der Waals surface area contributed by atoms with E-state index in [1.807, 2.05) is 42.1 Å². The van der Waals surface area contributed by atoms with Gasteiger partial charge >= 0.3 is 0 Å². The van der Waals surface area contributed by atoms with Gasteiger partial charge < -0.3 is 10.3 Å². The van der Waals surface area contributed by atoms with E-state index in [2.05, 4.69) is 4.98 Å². The molecule has 17 heavy (non-hydrogen) atoms. The molecule has 2 aromatic rings. The molecule has 94 valence electrons. The van der Waals surface area contributed by atoms with Crippen molar-refractivity contribution >= 4 is 36.4 Å². The van der Waals surface area contributed by atoms with Crippen LogP contribution >= 0.6 is 36.4 Å². The SMILES string of the molecule is Cl.Cl.Cn1ccnc1C(N)c1ccc(Cl)cc1. The fourth-order valence-electron chi connectivity index (χ4n) is 1.50. The minimum Gasteiger partial charge on any atom is -0.336 e. The first-order chi connectivity index (χ1) is 7.18. The third-order valence-electron chi connectivity index (χ3n) is 2.37. The topological polar surface area (TPSA) is 43.8 Å².